The van der Waals surface area contributed by atoms with Crippen molar-refractivity contribution in [2.75, 3.05) is 6.61 Å². The van der Waals surface area contributed by atoms with E-state index < -0.39 is 36.5 Å². The second kappa shape index (κ2) is 7.59. The minimum atomic E-state index is -5.19. The predicted molar refractivity (Wildman–Crippen MR) is 56.1 cm³/mol. The normalized spacial score (nSPS) is 12.6. The molecule has 9 heteroatoms. The van der Waals surface area contributed by atoms with E-state index in [0.29, 0.717) is 12.8 Å². The lowest BCUT2D eigenvalue weighted by Gasteiger charge is -2.16. The Morgan fingerprint density at radius 3 is 2.32 bits per heavy atom. The van der Waals surface area contributed by atoms with Crippen molar-refractivity contribution in [2.45, 2.75) is 38.4 Å². The zero-order valence-corrected chi connectivity index (χ0v) is 10.1. The molecule has 0 rings (SSSR count). The number of esters is 1. The molecule has 0 heterocycles. The van der Waals surface area contributed by atoms with E-state index in [1.165, 1.54) is 5.32 Å². The van der Waals surface area contributed by atoms with Crippen molar-refractivity contribution in [3.05, 3.63) is 0 Å². The minimum Gasteiger partial charge on any atom is -0.481 e. The Kier molecular flexibility index (Phi) is 6.87. The lowest BCUT2D eigenvalue weighted by molar-refractivity contribution is -0.176. The fourth-order valence-corrected chi connectivity index (χ4v) is 1.03. The van der Waals surface area contributed by atoms with Gasteiger partial charge in [0.1, 0.15) is 6.04 Å². The first kappa shape index (κ1) is 17.2. The molecular formula is C10H14F3NO5. The summed E-state index contributed by atoms with van der Waals surface area (Å²) in [5.74, 6) is -5.11. The molecule has 0 radical (unpaired) electrons. The highest BCUT2D eigenvalue weighted by molar-refractivity contribution is 5.89. The van der Waals surface area contributed by atoms with Crippen LogP contribution in [-0.2, 0) is 19.1 Å². The van der Waals surface area contributed by atoms with E-state index in [9.17, 15) is 27.6 Å². The maximum Gasteiger partial charge on any atom is 0.471 e. The molecule has 0 saturated heterocycles. The number of hydrogen-bond donors (Lipinski definition) is 2. The molecule has 0 aliphatic heterocycles. The highest BCUT2D eigenvalue weighted by atomic mass is 19.4. The number of carboxylic acids is 1. The van der Waals surface area contributed by atoms with Crippen molar-refractivity contribution in [1.82, 2.24) is 5.32 Å². The van der Waals surface area contributed by atoms with Crippen molar-refractivity contribution in [1.29, 1.82) is 0 Å². The number of carbonyl (C=O) groups excluding carboxylic acids is 2. The van der Waals surface area contributed by atoms with Crippen molar-refractivity contribution in [2.24, 2.45) is 0 Å². The van der Waals surface area contributed by atoms with Gasteiger partial charge < -0.3 is 15.2 Å². The van der Waals surface area contributed by atoms with Gasteiger partial charge in [-0.1, -0.05) is 13.3 Å². The summed E-state index contributed by atoms with van der Waals surface area (Å²) in [6.07, 6.45) is -5.00. The Bertz CT molecular complexity index is 343. The van der Waals surface area contributed by atoms with Crippen LogP contribution in [0.25, 0.3) is 0 Å². The smallest absolute Gasteiger partial charge is 0.471 e. The van der Waals surface area contributed by atoms with Crippen LogP contribution in [0.5, 0.6) is 0 Å². The molecule has 2 N–H and O–H groups in total. The third kappa shape index (κ3) is 7.27. The third-order valence-electron chi connectivity index (χ3n) is 1.97. The number of hydrogen-bond acceptors (Lipinski definition) is 4. The Morgan fingerprint density at radius 1 is 1.32 bits per heavy atom. The quantitative estimate of drug-likeness (QED) is 0.534. The number of alkyl halides is 3. The molecule has 0 aromatic carbocycles. The van der Waals surface area contributed by atoms with Gasteiger partial charge in [0.2, 0.25) is 0 Å². The van der Waals surface area contributed by atoms with E-state index in [1.54, 1.807) is 6.92 Å². The van der Waals surface area contributed by atoms with Gasteiger partial charge >= 0.3 is 24.0 Å². The number of halogens is 3. The second-order valence-corrected chi connectivity index (χ2v) is 3.64. The zero-order valence-electron chi connectivity index (χ0n) is 10.1. The van der Waals surface area contributed by atoms with Gasteiger partial charge in [-0.15, -0.1) is 0 Å². The maximum absolute atomic E-state index is 12.0. The Hall–Kier alpha value is -1.80. The van der Waals surface area contributed by atoms with Crippen LogP contribution in [0.15, 0.2) is 0 Å². The van der Waals surface area contributed by atoms with Crippen LogP contribution >= 0.6 is 0 Å². The summed E-state index contributed by atoms with van der Waals surface area (Å²) in [6.45, 7) is 1.75. The molecular weight excluding hydrogens is 271 g/mol. The number of ether oxygens (including phenoxy) is 1. The van der Waals surface area contributed by atoms with E-state index in [1.807, 2.05) is 0 Å². The summed E-state index contributed by atoms with van der Waals surface area (Å²) in [5.41, 5.74) is 0. The van der Waals surface area contributed by atoms with Gasteiger partial charge in [-0.3, -0.25) is 9.59 Å². The molecule has 0 saturated carbocycles. The molecule has 1 amide bonds. The van der Waals surface area contributed by atoms with Crippen LogP contribution in [0.2, 0.25) is 0 Å². The molecule has 0 bridgehead atoms. The van der Waals surface area contributed by atoms with Gasteiger partial charge in [0.05, 0.1) is 13.0 Å². The Balaban J connectivity index is 4.58. The maximum atomic E-state index is 12.0. The van der Waals surface area contributed by atoms with E-state index >= 15 is 0 Å². The number of aliphatic carboxylic acids is 1. The third-order valence-corrected chi connectivity index (χ3v) is 1.97. The average molecular weight is 285 g/mol. The van der Waals surface area contributed by atoms with E-state index in [0.717, 1.165) is 0 Å². The molecule has 0 fully saturated rings. The molecule has 110 valence electrons. The first-order valence-electron chi connectivity index (χ1n) is 5.44. The fourth-order valence-electron chi connectivity index (χ4n) is 1.03. The van der Waals surface area contributed by atoms with Crippen LogP contribution in [0.3, 0.4) is 0 Å². The molecule has 0 aromatic heterocycles. The van der Waals surface area contributed by atoms with Crippen molar-refractivity contribution < 1.29 is 37.4 Å². The largest absolute Gasteiger partial charge is 0.481 e. The highest BCUT2D eigenvalue weighted by Gasteiger charge is 2.41. The monoisotopic (exact) mass is 285 g/mol. The van der Waals surface area contributed by atoms with Gasteiger partial charge in [-0.25, -0.2) is 4.79 Å². The molecule has 1 atom stereocenters. The van der Waals surface area contributed by atoms with Gasteiger partial charge in [0.25, 0.3) is 0 Å². The molecule has 1 unspecified atom stereocenters. The van der Waals surface area contributed by atoms with Gasteiger partial charge in [-0.05, 0) is 6.42 Å². The Labute approximate surface area is 106 Å². The number of rotatable bonds is 7. The molecule has 0 spiro atoms. The summed E-state index contributed by atoms with van der Waals surface area (Å²) < 4.78 is 40.6. The van der Waals surface area contributed by atoms with Crippen molar-refractivity contribution in [3.8, 4) is 0 Å². The van der Waals surface area contributed by atoms with Gasteiger partial charge in [-0.2, -0.15) is 13.2 Å². The summed E-state index contributed by atoms with van der Waals surface area (Å²) in [5, 5.41) is 9.78. The SMILES string of the molecule is CCCCOC(=O)C(CC(=O)O)NC(=O)C(F)(F)F. The number of unbranched alkanes of at least 4 members (excludes halogenated alkanes) is 1. The lowest BCUT2D eigenvalue weighted by atomic mass is 10.2. The van der Waals surface area contributed by atoms with Gasteiger partial charge in [0, 0.05) is 0 Å². The molecule has 19 heavy (non-hydrogen) atoms. The van der Waals surface area contributed by atoms with Crippen molar-refractivity contribution in [3.63, 3.8) is 0 Å². The molecule has 0 aromatic rings. The highest BCUT2D eigenvalue weighted by Crippen LogP contribution is 2.15. The van der Waals surface area contributed by atoms with Crippen LogP contribution in [0.4, 0.5) is 13.2 Å². The van der Waals surface area contributed by atoms with E-state index in [4.69, 9.17) is 5.11 Å². The molecule has 6 nitrogen and oxygen atoms in total. The number of carbonyl (C=O) groups is 3. The number of amides is 1. The lowest BCUT2D eigenvalue weighted by Crippen LogP contribution is -2.48. The summed E-state index contributed by atoms with van der Waals surface area (Å²) in [7, 11) is 0. The van der Waals surface area contributed by atoms with E-state index in [-0.39, 0.29) is 6.61 Å². The van der Waals surface area contributed by atoms with Crippen LogP contribution in [0.1, 0.15) is 26.2 Å². The molecule has 0 aliphatic carbocycles. The topological polar surface area (TPSA) is 92.7 Å². The predicted octanol–water partition coefficient (Wildman–Crippen LogP) is 0.851. The van der Waals surface area contributed by atoms with Gasteiger partial charge in [0.15, 0.2) is 0 Å². The van der Waals surface area contributed by atoms with Crippen LogP contribution < -0.4 is 5.32 Å². The standard InChI is InChI=1S/C10H14F3NO5/c1-2-3-4-19-8(17)6(5-7(15)16)14-9(18)10(11,12)13/h6H,2-5H2,1H3,(H,14,18)(H,15,16). The second-order valence-electron chi connectivity index (χ2n) is 3.64. The number of carboxylic acid groups (broad SMARTS) is 1. The fraction of sp³-hybridized carbons (Fsp3) is 0.700. The Morgan fingerprint density at radius 2 is 1.89 bits per heavy atom. The summed E-state index contributed by atoms with van der Waals surface area (Å²) in [4.78, 5) is 32.4. The van der Waals surface area contributed by atoms with E-state index in [2.05, 4.69) is 4.74 Å². The minimum absolute atomic E-state index is 0.0483. The average Bonchev–Trinajstić information content (AvgIpc) is 2.26. The zero-order chi connectivity index (χ0) is 15.1. The first-order valence-corrected chi connectivity index (χ1v) is 5.44. The van der Waals surface area contributed by atoms with Crippen LogP contribution in [0, 0.1) is 0 Å². The van der Waals surface area contributed by atoms with Crippen molar-refractivity contribution >= 4 is 17.8 Å². The summed E-state index contributed by atoms with van der Waals surface area (Å²) >= 11 is 0. The summed E-state index contributed by atoms with van der Waals surface area (Å²) in [6, 6.07) is -1.86. The number of nitrogens with one attached hydrogen (secondary N) is 1. The molecule has 0 aliphatic rings. The first-order chi connectivity index (χ1) is 8.68. The van der Waals surface area contributed by atoms with Crippen LogP contribution in [-0.4, -0.2) is 41.8 Å².